The molecule has 1 saturated heterocycles. The van der Waals surface area contributed by atoms with Crippen molar-refractivity contribution < 1.29 is 9.53 Å². The first-order valence-corrected chi connectivity index (χ1v) is 9.11. The third kappa shape index (κ3) is 3.29. The molecule has 0 saturated carbocycles. The Morgan fingerprint density at radius 1 is 1.08 bits per heavy atom. The molecular formula is C19H18Cl2N2O2. The van der Waals surface area contributed by atoms with Crippen LogP contribution in [-0.2, 0) is 0 Å². The average Bonchev–Trinajstić information content (AvgIpc) is 3.11. The minimum absolute atomic E-state index is 0.0105. The highest BCUT2D eigenvalue weighted by Crippen LogP contribution is 2.36. The van der Waals surface area contributed by atoms with Gasteiger partial charge in [-0.2, -0.15) is 0 Å². The Morgan fingerprint density at radius 2 is 1.92 bits per heavy atom. The molecule has 0 aromatic heterocycles. The molecule has 0 aliphatic carbocycles. The van der Waals surface area contributed by atoms with Gasteiger partial charge in [0.25, 0.3) is 0 Å². The Bertz CT molecular complexity index is 812. The summed E-state index contributed by atoms with van der Waals surface area (Å²) in [5.74, 6) is 1.03. The first-order chi connectivity index (χ1) is 12.1. The number of rotatable bonds is 1. The molecule has 2 aliphatic rings. The van der Waals surface area contributed by atoms with Gasteiger partial charge in [0.15, 0.2) is 0 Å². The second kappa shape index (κ2) is 6.77. The number of fused-ring (bicyclic) bond motifs is 1. The highest BCUT2D eigenvalue weighted by Gasteiger charge is 2.33. The molecule has 2 aliphatic heterocycles. The Balaban J connectivity index is 1.52. The summed E-state index contributed by atoms with van der Waals surface area (Å²) in [6.07, 6.45) is 0.943. The number of hydrogen-bond acceptors (Lipinski definition) is 2. The first-order valence-electron chi connectivity index (χ1n) is 8.36. The quantitative estimate of drug-likeness (QED) is 0.715. The smallest absolute Gasteiger partial charge is 0.324 e. The molecule has 25 heavy (non-hydrogen) atoms. The molecule has 1 atom stereocenters. The molecule has 2 aromatic rings. The van der Waals surface area contributed by atoms with E-state index in [4.69, 9.17) is 27.9 Å². The lowest BCUT2D eigenvalue weighted by Gasteiger charge is -2.32. The van der Waals surface area contributed by atoms with Crippen molar-refractivity contribution in [2.24, 2.45) is 0 Å². The predicted octanol–water partition coefficient (Wildman–Crippen LogP) is 4.80. The highest BCUT2D eigenvalue weighted by molar-refractivity contribution is 6.31. The van der Waals surface area contributed by atoms with Crippen molar-refractivity contribution in [3.05, 3.63) is 58.1 Å². The normalized spacial score (nSPS) is 19.5. The van der Waals surface area contributed by atoms with Gasteiger partial charge in [0.05, 0.1) is 12.2 Å². The number of hydrogen-bond donors (Lipinski definition) is 0. The minimum atomic E-state index is 0.0105. The maximum Gasteiger partial charge on any atom is 0.324 e. The number of benzene rings is 2. The van der Waals surface area contributed by atoms with Crippen LogP contribution in [0.3, 0.4) is 0 Å². The van der Waals surface area contributed by atoms with Gasteiger partial charge in [0.2, 0.25) is 0 Å². The molecule has 0 spiro atoms. The van der Waals surface area contributed by atoms with Crippen LogP contribution in [0.4, 0.5) is 10.5 Å². The van der Waals surface area contributed by atoms with E-state index in [0.29, 0.717) is 36.4 Å². The molecule has 0 bridgehead atoms. The zero-order chi connectivity index (χ0) is 17.4. The lowest BCUT2D eigenvalue weighted by molar-refractivity contribution is 0.209. The zero-order valence-corrected chi connectivity index (χ0v) is 15.1. The molecule has 0 N–H and O–H groups in total. The number of nitrogens with zero attached hydrogens (tertiary/aromatic N) is 2. The lowest BCUT2D eigenvalue weighted by atomic mass is 9.99. The van der Waals surface area contributed by atoms with Crippen LogP contribution in [0.2, 0.25) is 10.0 Å². The van der Waals surface area contributed by atoms with Gasteiger partial charge < -0.3 is 9.64 Å². The van der Waals surface area contributed by atoms with E-state index in [2.05, 4.69) is 6.07 Å². The summed E-state index contributed by atoms with van der Waals surface area (Å²) in [4.78, 5) is 16.7. The number of amides is 2. The van der Waals surface area contributed by atoms with Gasteiger partial charge in [-0.15, -0.1) is 0 Å². The van der Waals surface area contributed by atoms with Gasteiger partial charge in [-0.05, 0) is 42.3 Å². The van der Waals surface area contributed by atoms with Crippen LogP contribution in [0, 0.1) is 0 Å². The number of carbonyl (C=O) groups is 1. The Hall–Kier alpha value is -1.91. The summed E-state index contributed by atoms with van der Waals surface area (Å²) in [5.41, 5.74) is 1.93. The molecular weight excluding hydrogens is 359 g/mol. The van der Waals surface area contributed by atoms with Gasteiger partial charge in [0.1, 0.15) is 12.4 Å². The van der Waals surface area contributed by atoms with Crippen LogP contribution < -0.4 is 9.64 Å². The third-order valence-electron chi connectivity index (χ3n) is 4.79. The monoisotopic (exact) mass is 376 g/mol. The zero-order valence-electron chi connectivity index (χ0n) is 13.6. The van der Waals surface area contributed by atoms with Crippen LogP contribution in [-0.4, -0.2) is 37.2 Å². The van der Waals surface area contributed by atoms with Crippen LogP contribution in [0.25, 0.3) is 0 Å². The van der Waals surface area contributed by atoms with Crippen molar-refractivity contribution in [1.29, 1.82) is 0 Å². The van der Waals surface area contributed by atoms with E-state index in [1.54, 1.807) is 17.0 Å². The van der Waals surface area contributed by atoms with E-state index in [1.165, 1.54) is 5.56 Å². The highest BCUT2D eigenvalue weighted by atomic mass is 35.5. The molecule has 0 radical (unpaired) electrons. The van der Waals surface area contributed by atoms with Crippen molar-refractivity contribution >= 4 is 34.9 Å². The number of carbonyl (C=O) groups excluding carboxylic acids is 1. The number of ether oxygens (including phenoxy) is 1. The summed E-state index contributed by atoms with van der Waals surface area (Å²) in [6.45, 7) is 2.46. The molecule has 1 fully saturated rings. The average molecular weight is 377 g/mol. The van der Waals surface area contributed by atoms with E-state index in [-0.39, 0.29) is 6.03 Å². The standard InChI is InChI=1S/C19H18Cl2N2O2/c20-15-3-1-2-13(10-15)14-6-7-22(12-14)19(24)23-8-9-25-18-5-4-16(21)11-17(18)23/h1-5,10-11,14H,6-9,12H2. The van der Waals surface area contributed by atoms with E-state index in [0.717, 1.165) is 23.7 Å². The van der Waals surface area contributed by atoms with E-state index >= 15 is 0 Å². The third-order valence-corrected chi connectivity index (χ3v) is 5.26. The van der Waals surface area contributed by atoms with E-state index in [1.807, 2.05) is 29.2 Å². The molecule has 4 rings (SSSR count). The fraction of sp³-hybridized carbons (Fsp3) is 0.316. The van der Waals surface area contributed by atoms with Crippen molar-refractivity contribution in [1.82, 2.24) is 4.90 Å². The Labute approximate surface area is 156 Å². The van der Waals surface area contributed by atoms with Gasteiger partial charge in [-0.1, -0.05) is 35.3 Å². The topological polar surface area (TPSA) is 32.8 Å². The van der Waals surface area contributed by atoms with Crippen molar-refractivity contribution in [3.63, 3.8) is 0 Å². The molecule has 2 heterocycles. The van der Waals surface area contributed by atoms with Crippen LogP contribution in [0.15, 0.2) is 42.5 Å². The number of anilines is 1. The van der Waals surface area contributed by atoms with E-state index < -0.39 is 0 Å². The summed E-state index contributed by atoms with van der Waals surface area (Å²) >= 11 is 12.2. The SMILES string of the molecule is O=C(N1CCC(c2cccc(Cl)c2)C1)N1CCOc2ccc(Cl)cc21. The molecule has 6 heteroatoms. The lowest BCUT2D eigenvalue weighted by Crippen LogP contribution is -2.45. The van der Waals surface area contributed by atoms with Gasteiger partial charge in [0, 0.05) is 29.1 Å². The van der Waals surface area contributed by atoms with Crippen LogP contribution in [0.5, 0.6) is 5.75 Å². The number of halogens is 2. The van der Waals surface area contributed by atoms with E-state index in [9.17, 15) is 4.79 Å². The van der Waals surface area contributed by atoms with Crippen molar-refractivity contribution in [2.45, 2.75) is 12.3 Å². The maximum absolute atomic E-state index is 13.0. The number of urea groups is 1. The fourth-order valence-electron chi connectivity index (χ4n) is 3.53. The summed E-state index contributed by atoms with van der Waals surface area (Å²) in [6, 6.07) is 13.3. The largest absolute Gasteiger partial charge is 0.490 e. The second-order valence-corrected chi connectivity index (χ2v) is 7.25. The molecule has 1 unspecified atom stereocenters. The second-order valence-electron chi connectivity index (χ2n) is 6.38. The molecule has 2 amide bonds. The van der Waals surface area contributed by atoms with Crippen molar-refractivity contribution in [2.75, 3.05) is 31.1 Å². The predicted molar refractivity (Wildman–Crippen MR) is 100 cm³/mol. The minimum Gasteiger partial charge on any atom is -0.490 e. The maximum atomic E-state index is 13.0. The Kier molecular flexibility index (Phi) is 4.48. The van der Waals surface area contributed by atoms with Crippen LogP contribution in [0.1, 0.15) is 17.9 Å². The van der Waals surface area contributed by atoms with Gasteiger partial charge >= 0.3 is 6.03 Å². The summed E-state index contributed by atoms with van der Waals surface area (Å²) in [7, 11) is 0. The van der Waals surface area contributed by atoms with Crippen LogP contribution >= 0.6 is 23.2 Å². The Morgan fingerprint density at radius 3 is 2.76 bits per heavy atom. The molecule has 130 valence electrons. The summed E-state index contributed by atoms with van der Waals surface area (Å²) in [5, 5.41) is 1.33. The van der Waals surface area contributed by atoms with Gasteiger partial charge in [-0.25, -0.2) is 4.79 Å². The first kappa shape index (κ1) is 16.6. The fourth-order valence-corrected chi connectivity index (χ4v) is 3.89. The summed E-state index contributed by atoms with van der Waals surface area (Å²) < 4.78 is 5.64. The molecule has 4 nitrogen and oxygen atoms in total. The molecule has 2 aromatic carbocycles. The number of likely N-dealkylation sites (tertiary alicyclic amines) is 1. The van der Waals surface area contributed by atoms with Crippen molar-refractivity contribution in [3.8, 4) is 5.75 Å². The van der Waals surface area contributed by atoms with Gasteiger partial charge in [-0.3, -0.25) is 4.90 Å².